The Labute approximate surface area is 98.7 Å². The van der Waals surface area contributed by atoms with Gasteiger partial charge in [-0.15, -0.1) is 0 Å². The topological polar surface area (TPSA) is 57.6 Å². The molecule has 0 aromatic carbocycles. The molecule has 4 nitrogen and oxygen atoms in total. The number of hydrogen-bond donors (Lipinski definition) is 1. The molecule has 1 saturated carbocycles. The molecule has 0 spiro atoms. The van der Waals surface area contributed by atoms with Crippen molar-refractivity contribution in [2.45, 2.75) is 58.1 Å². The van der Waals surface area contributed by atoms with E-state index in [-0.39, 0.29) is 18.3 Å². The second-order valence-electron chi connectivity index (χ2n) is 4.61. The zero-order valence-corrected chi connectivity index (χ0v) is 11.0. The van der Waals surface area contributed by atoms with E-state index >= 15 is 0 Å². The minimum absolute atomic E-state index is 0.105. The molecule has 1 aliphatic rings. The van der Waals surface area contributed by atoms with Crippen LogP contribution in [0.1, 0.15) is 46.0 Å². The first-order valence-electron chi connectivity index (χ1n) is 6.15. The van der Waals surface area contributed by atoms with Crippen LogP contribution in [-0.2, 0) is 10.0 Å². The van der Waals surface area contributed by atoms with Crippen LogP contribution in [0.4, 0.5) is 0 Å². The smallest absolute Gasteiger partial charge is 0.214 e. The quantitative estimate of drug-likeness (QED) is 0.800. The lowest BCUT2D eigenvalue weighted by Crippen LogP contribution is -2.45. The lowest BCUT2D eigenvalue weighted by molar-refractivity contribution is 0.136. The van der Waals surface area contributed by atoms with Crippen molar-refractivity contribution < 1.29 is 13.5 Å². The molecule has 0 radical (unpaired) electrons. The summed E-state index contributed by atoms with van der Waals surface area (Å²) in [7, 11) is -3.18. The third-order valence-electron chi connectivity index (χ3n) is 3.15. The van der Waals surface area contributed by atoms with Gasteiger partial charge in [0, 0.05) is 12.6 Å². The minimum Gasteiger partial charge on any atom is -0.392 e. The van der Waals surface area contributed by atoms with Gasteiger partial charge >= 0.3 is 0 Å². The summed E-state index contributed by atoms with van der Waals surface area (Å²) in [4.78, 5) is 0. The fourth-order valence-corrected chi connectivity index (χ4v) is 3.72. The van der Waals surface area contributed by atoms with Gasteiger partial charge in [0.25, 0.3) is 0 Å². The Kier molecular flexibility index (Phi) is 5.21. The first kappa shape index (κ1) is 13.9. The van der Waals surface area contributed by atoms with Crippen molar-refractivity contribution in [2.24, 2.45) is 0 Å². The molecule has 0 aliphatic heterocycles. The van der Waals surface area contributed by atoms with Crippen molar-refractivity contribution >= 4 is 10.0 Å². The first-order chi connectivity index (χ1) is 7.47. The third kappa shape index (κ3) is 3.71. The summed E-state index contributed by atoms with van der Waals surface area (Å²) in [6.07, 6.45) is 4.67. The van der Waals surface area contributed by atoms with Crippen molar-refractivity contribution in [1.82, 2.24) is 4.31 Å². The fraction of sp³-hybridized carbons (Fsp3) is 1.00. The van der Waals surface area contributed by atoms with E-state index in [2.05, 4.69) is 0 Å². The van der Waals surface area contributed by atoms with Gasteiger partial charge in [-0.2, -0.15) is 4.31 Å². The lowest BCUT2D eigenvalue weighted by Gasteiger charge is -2.33. The molecule has 0 amide bonds. The molecule has 1 atom stereocenters. The van der Waals surface area contributed by atoms with Crippen LogP contribution in [0.3, 0.4) is 0 Å². The first-order valence-corrected chi connectivity index (χ1v) is 7.76. The van der Waals surface area contributed by atoms with E-state index in [0.29, 0.717) is 0 Å². The van der Waals surface area contributed by atoms with Crippen LogP contribution in [-0.4, -0.2) is 42.3 Å². The highest BCUT2D eigenvalue weighted by atomic mass is 32.2. The number of aliphatic hydroxyl groups is 1. The highest BCUT2D eigenvalue weighted by molar-refractivity contribution is 7.89. The molecule has 0 saturated heterocycles. The molecule has 0 aromatic rings. The Morgan fingerprint density at radius 1 is 1.31 bits per heavy atom. The van der Waals surface area contributed by atoms with E-state index < -0.39 is 16.1 Å². The van der Waals surface area contributed by atoms with Crippen LogP contribution >= 0.6 is 0 Å². The van der Waals surface area contributed by atoms with Crippen molar-refractivity contribution in [3.05, 3.63) is 0 Å². The van der Waals surface area contributed by atoms with Crippen LogP contribution in [0.25, 0.3) is 0 Å². The number of hydrogen-bond acceptors (Lipinski definition) is 3. The van der Waals surface area contributed by atoms with Crippen LogP contribution < -0.4 is 0 Å². The maximum Gasteiger partial charge on any atom is 0.214 e. The Bertz CT molecular complexity index is 294. The molecule has 1 N–H and O–H groups in total. The third-order valence-corrected chi connectivity index (χ3v) is 5.04. The molecule has 0 aromatic heterocycles. The van der Waals surface area contributed by atoms with Crippen molar-refractivity contribution in [1.29, 1.82) is 0 Å². The molecule has 96 valence electrons. The molecular formula is C11H23NO3S. The maximum absolute atomic E-state index is 11.9. The second kappa shape index (κ2) is 5.98. The van der Waals surface area contributed by atoms with Gasteiger partial charge in [-0.05, 0) is 26.7 Å². The molecule has 1 unspecified atom stereocenters. The molecule has 1 aliphatic carbocycles. The van der Waals surface area contributed by atoms with E-state index in [1.54, 1.807) is 13.8 Å². The van der Waals surface area contributed by atoms with E-state index in [1.165, 1.54) is 10.7 Å². The van der Waals surface area contributed by atoms with Gasteiger partial charge in [-0.3, -0.25) is 0 Å². The average molecular weight is 249 g/mol. The second-order valence-corrected chi connectivity index (χ2v) is 6.82. The highest BCUT2D eigenvalue weighted by Crippen LogP contribution is 2.25. The summed E-state index contributed by atoms with van der Waals surface area (Å²) in [5.41, 5.74) is 0. The van der Waals surface area contributed by atoms with Crippen LogP contribution in [0.15, 0.2) is 0 Å². The van der Waals surface area contributed by atoms with Gasteiger partial charge in [0.2, 0.25) is 10.0 Å². The summed E-state index contributed by atoms with van der Waals surface area (Å²) in [6.45, 7) is 3.54. The van der Waals surface area contributed by atoms with E-state index in [4.69, 9.17) is 0 Å². The number of rotatable bonds is 5. The molecule has 5 heteroatoms. The summed E-state index contributed by atoms with van der Waals surface area (Å²) < 4.78 is 25.4. The number of aliphatic hydroxyl groups excluding tert-OH is 1. The minimum atomic E-state index is -3.18. The Hall–Kier alpha value is -0.130. The van der Waals surface area contributed by atoms with E-state index in [9.17, 15) is 13.5 Å². The van der Waals surface area contributed by atoms with E-state index in [1.807, 2.05) is 0 Å². The average Bonchev–Trinajstić information content (AvgIpc) is 2.27. The molecule has 1 rings (SSSR count). The Balaban J connectivity index is 2.77. The number of nitrogens with zero attached hydrogens (tertiary/aromatic N) is 1. The largest absolute Gasteiger partial charge is 0.392 e. The Morgan fingerprint density at radius 3 is 2.31 bits per heavy atom. The Morgan fingerprint density at radius 2 is 1.88 bits per heavy atom. The predicted octanol–water partition coefficient (Wildman–Crippen LogP) is 1.35. The number of sulfonamides is 1. The van der Waals surface area contributed by atoms with Gasteiger partial charge in [0.05, 0.1) is 11.9 Å². The SMILES string of the molecule is CCS(=O)(=O)N(CC(C)O)C1CCCCC1. The monoisotopic (exact) mass is 249 g/mol. The summed E-state index contributed by atoms with van der Waals surface area (Å²) in [5.74, 6) is 0.121. The molecular weight excluding hydrogens is 226 g/mol. The molecule has 16 heavy (non-hydrogen) atoms. The zero-order valence-electron chi connectivity index (χ0n) is 10.2. The van der Waals surface area contributed by atoms with Gasteiger partial charge in [0.1, 0.15) is 0 Å². The standard InChI is InChI=1S/C11H23NO3S/c1-3-16(14,15)12(9-10(2)13)11-7-5-4-6-8-11/h10-11,13H,3-9H2,1-2H3. The fourth-order valence-electron chi connectivity index (χ4n) is 2.29. The summed E-state index contributed by atoms with van der Waals surface area (Å²) >= 11 is 0. The van der Waals surface area contributed by atoms with Crippen molar-refractivity contribution in [3.8, 4) is 0 Å². The van der Waals surface area contributed by atoms with Gasteiger partial charge in [-0.1, -0.05) is 19.3 Å². The van der Waals surface area contributed by atoms with Gasteiger partial charge in [0.15, 0.2) is 0 Å². The van der Waals surface area contributed by atoms with Gasteiger partial charge in [-0.25, -0.2) is 8.42 Å². The molecule has 0 bridgehead atoms. The van der Waals surface area contributed by atoms with Gasteiger partial charge < -0.3 is 5.11 Å². The molecule has 1 fully saturated rings. The summed E-state index contributed by atoms with van der Waals surface area (Å²) in [6, 6.07) is 0.105. The zero-order chi connectivity index (χ0) is 12.2. The molecule has 0 heterocycles. The van der Waals surface area contributed by atoms with E-state index in [0.717, 1.165) is 25.7 Å². The predicted molar refractivity (Wildman–Crippen MR) is 64.7 cm³/mol. The van der Waals surface area contributed by atoms with Crippen LogP contribution in [0, 0.1) is 0 Å². The maximum atomic E-state index is 11.9. The highest BCUT2D eigenvalue weighted by Gasteiger charge is 2.30. The van der Waals surface area contributed by atoms with Crippen LogP contribution in [0.2, 0.25) is 0 Å². The van der Waals surface area contributed by atoms with Crippen molar-refractivity contribution in [3.63, 3.8) is 0 Å². The summed E-state index contributed by atoms with van der Waals surface area (Å²) in [5, 5.41) is 9.41. The lowest BCUT2D eigenvalue weighted by atomic mass is 9.95. The van der Waals surface area contributed by atoms with Crippen LogP contribution in [0.5, 0.6) is 0 Å². The van der Waals surface area contributed by atoms with Crippen molar-refractivity contribution in [2.75, 3.05) is 12.3 Å². The normalized spacial score (nSPS) is 21.2.